The fraction of sp³-hybridized carbons (Fsp3) is 0.333. The molecule has 0 unspecified atom stereocenters. The molecular formula is C27H25F3N2O4S. The van der Waals surface area contributed by atoms with Gasteiger partial charge in [-0.2, -0.15) is 13.2 Å². The maximum absolute atomic E-state index is 13.7. The second-order valence-electron chi connectivity index (χ2n) is 9.11. The number of rotatable bonds is 7. The molecule has 2 aromatic carbocycles. The fourth-order valence-corrected chi connectivity index (χ4v) is 5.69. The summed E-state index contributed by atoms with van der Waals surface area (Å²) in [5.41, 5.74) is 2.43. The molecule has 6 nitrogen and oxygen atoms in total. The summed E-state index contributed by atoms with van der Waals surface area (Å²) in [4.78, 5) is 27.9. The minimum absolute atomic E-state index is 0.0122. The van der Waals surface area contributed by atoms with Crippen LogP contribution in [0.2, 0.25) is 0 Å². The van der Waals surface area contributed by atoms with Crippen LogP contribution in [0.4, 0.5) is 18.9 Å². The number of esters is 1. The molecule has 0 saturated carbocycles. The first-order chi connectivity index (χ1) is 17.7. The van der Waals surface area contributed by atoms with Gasteiger partial charge in [0.15, 0.2) is 0 Å². The molecule has 5 rings (SSSR count). The zero-order valence-electron chi connectivity index (χ0n) is 20.1. The van der Waals surface area contributed by atoms with E-state index in [2.05, 4.69) is 0 Å². The number of nitrogens with zero attached hydrogens (tertiary/aromatic N) is 2. The van der Waals surface area contributed by atoms with Crippen LogP contribution < -0.4 is 9.64 Å². The average Bonchev–Trinajstić information content (AvgIpc) is 3.49. The molecule has 194 valence electrons. The van der Waals surface area contributed by atoms with Crippen molar-refractivity contribution in [3.8, 4) is 16.9 Å². The zero-order chi connectivity index (χ0) is 26.2. The van der Waals surface area contributed by atoms with Crippen LogP contribution in [-0.4, -0.2) is 50.1 Å². The van der Waals surface area contributed by atoms with E-state index in [-0.39, 0.29) is 36.5 Å². The maximum atomic E-state index is 13.7. The molecule has 0 spiro atoms. The van der Waals surface area contributed by atoms with E-state index in [4.69, 9.17) is 9.47 Å². The Balaban J connectivity index is 1.22. The third-order valence-corrected chi connectivity index (χ3v) is 7.76. The summed E-state index contributed by atoms with van der Waals surface area (Å²) in [5, 5.41) is 0. The Kier molecular flexibility index (Phi) is 6.96. The number of amides is 1. The van der Waals surface area contributed by atoms with Gasteiger partial charge in [0.1, 0.15) is 17.2 Å². The van der Waals surface area contributed by atoms with Crippen molar-refractivity contribution < 1.29 is 32.2 Å². The van der Waals surface area contributed by atoms with E-state index >= 15 is 0 Å². The van der Waals surface area contributed by atoms with Crippen LogP contribution in [0.1, 0.15) is 15.3 Å². The van der Waals surface area contributed by atoms with Crippen LogP contribution in [0.25, 0.3) is 11.1 Å². The maximum Gasteiger partial charge on any atom is 0.426 e. The molecule has 0 atom stereocenters. The van der Waals surface area contributed by atoms with Crippen LogP contribution in [0.5, 0.6) is 5.75 Å². The SMILES string of the molecule is COC(=O)C1CN(CC(=O)N2CCc3cc(OCc4cc(-c5ccccc5)c(C(F)(F)F)s4)ccc32)C1. The molecule has 10 heteroatoms. The minimum Gasteiger partial charge on any atom is -0.488 e. The summed E-state index contributed by atoms with van der Waals surface area (Å²) in [6.07, 6.45) is -3.79. The lowest BCUT2D eigenvalue weighted by molar-refractivity contribution is -0.152. The van der Waals surface area contributed by atoms with Crippen LogP contribution in [0.15, 0.2) is 54.6 Å². The molecule has 1 amide bonds. The van der Waals surface area contributed by atoms with E-state index in [1.165, 1.54) is 13.2 Å². The van der Waals surface area contributed by atoms with Gasteiger partial charge in [-0.1, -0.05) is 30.3 Å². The van der Waals surface area contributed by atoms with Gasteiger partial charge >= 0.3 is 12.1 Å². The summed E-state index contributed by atoms with van der Waals surface area (Å²) in [6, 6.07) is 15.4. The summed E-state index contributed by atoms with van der Waals surface area (Å²) in [7, 11) is 1.36. The highest BCUT2D eigenvalue weighted by Crippen LogP contribution is 2.43. The minimum atomic E-state index is -4.45. The van der Waals surface area contributed by atoms with E-state index in [0.717, 1.165) is 11.3 Å². The van der Waals surface area contributed by atoms with Crippen molar-refractivity contribution in [3.05, 3.63) is 69.9 Å². The number of methoxy groups -OCH3 is 1. The van der Waals surface area contributed by atoms with Crippen LogP contribution in [0.3, 0.4) is 0 Å². The number of hydrogen-bond acceptors (Lipinski definition) is 6. The Labute approximate surface area is 216 Å². The van der Waals surface area contributed by atoms with Crippen LogP contribution in [0, 0.1) is 5.92 Å². The van der Waals surface area contributed by atoms with Crippen LogP contribution >= 0.6 is 11.3 Å². The number of carbonyl (C=O) groups excluding carboxylic acids is 2. The summed E-state index contributed by atoms with van der Waals surface area (Å²) in [6.45, 7) is 1.81. The number of halogens is 3. The normalized spacial score (nSPS) is 15.8. The number of carbonyl (C=O) groups is 2. The molecule has 0 radical (unpaired) electrons. The monoisotopic (exact) mass is 530 g/mol. The van der Waals surface area contributed by atoms with E-state index in [1.807, 2.05) is 17.0 Å². The molecule has 2 aliphatic rings. The molecule has 1 aromatic heterocycles. The lowest BCUT2D eigenvalue weighted by Crippen LogP contribution is -2.54. The first-order valence-electron chi connectivity index (χ1n) is 11.8. The molecule has 3 heterocycles. The standard InChI is InChI=1S/C27H25F3N2O4S/c1-35-26(34)19-13-31(14-19)15-24(33)32-10-9-18-11-20(7-8-23(18)32)36-16-21-12-22(17-5-3-2-4-6-17)25(37-21)27(28,29)30/h2-8,11-12,19H,9-10,13-16H2,1H3. The number of anilines is 1. The second-order valence-corrected chi connectivity index (χ2v) is 10.2. The van der Waals surface area contributed by atoms with Crippen LogP contribution in [-0.2, 0) is 33.5 Å². The predicted molar refractivity (Wildman–Crippen MR) is 134 cm³/mol. The fourth-order valence-electron chi connectivity index (χ4n) is 4.73. The quantitative estimate of drug-likeness (QED) is 0.402. The Morgan fingerprint density at radius 3 is 2.54 bits per heavy atom. The van der Waals surface area contributed by atoms with Gasteiger partial charge in [-0.25, -0.2) is 0 Å². The molecule has 0 bridgehead atoms. The highest BCUT2D eigenvalue weighted by atomic mass is 32.1. The Hall–Kier alpha value is -3.37. The zero-order valence-corrected chi connectivity index (χ0v) is 20.9. The Morgan fingerprint density at radius 1 is 1.08 bits per heavy atom. The summed E-state index contributed by atoms with van der Waals surface area (Å²) < 4.78 is 51.5. The van der Waals surface area contributed by atoms with E-state index in [1.54, 1.807) is 41.3 Å². The number of alkyl halides is 3. The number of ether oxygens (including phenoxy) is 2. The molecular weight excluding hydrogens is 505 g/mol. The van der Waals surface area contributed by atoms with Gasteiger partial charge in [0.05, 0.1) is 19.6 Å². The third-order valence-electron chi connectivity index (χ3n) is 6.60. The molecule has 0 aliphatic carbocycles. The first kappa shape index (κ1) is 25.3. The van der Waals surface area contributed by atoms with Crippen molar-refractivity contribution in [2.75, 3.05) is 38.2 Å². The highest BCUT2D eigenvalue weighted by molar-refractivity contribution is 7.12. The lowest BCUT2D eigenvalue weighted by atomic mass is 10.0. The summed E-state index contributed by atoms with van der Waals surface area (Å²) >= 11 is 0.690. The molecule has 0 N–H and O–H groups in total. The summed E-state index contributed by atoms with van der Waals surface area (Å²) in [5.74, 6) is 0.0706. The Morgan fingerprint density at radius 2 is 1.84 bits per heavy atom. The smallest absolute Gasteiger partial charge is 0.426 e. The van der Waals surface area contributed by atoms with Gasteiger partial charge in [0, 0.05) is 35.8 Å². The van der Waals surface area contributed by atoms with Gasteiger partial charge in [-0.15, -0.1) is 11.3 Å². The lowest BCUT2D eigenvalue weighted by Gasteiger charge is -2.37. The van der Waals surface area contributed by atoms with Crippen molar-refractivity contribution >= 4 is 28.9 Å². The largest absolute Gasteiger partial charge is 0.488 e. The van der Waals surface area contributed by atoms with Gasteiger partial charge in [-0.05, 0) is 41.8 Å². The van der Waals surface area contributed by atoms with E-state index in [9.17, 15) is 22.8 Å². The topological polar surface area (TPSA) is 59.1 Å². The number of hydrogen-bond donors (Lipinski definition) is 0. The highest BCUT2D eigenvalue weighted by Gasteiger charge is 2.37. The van der Waals surface area contributed by atoms with Crippen molar-refractivity contribution in [2.24, 2.45) is 5.92 Å². The predicted octanol–water partition coefficient (Wildman–Crippen LogP) is 5.01. The van der Waals surface area contributed by atoms with Gasteiger partial charge in [0.2, 0.25) is 5.91 Å². The number of likely N-dealkylation sites (tertiary alicyclic amines) is 1. The van der Waals surface area contributed by atoms with Crippen molar-refractivity contribution in [1.29, 1.82) is 0 Å². The van der Waals surface area contributed by atoms with E-state index < -0.39 is 11.1 Å². The van der Waals surface area contributed by atoms with Gasteiger partial charge in [0.25, 0.3) is 0 Å². The van der Waals surface area contributed by atoms with Crippen molar-refractivity contribution in [3.63, 3.8) is 0 Å². The second kappa shape index (κ2) is 10.2. The van der Waals surface area contributed by atoms with E-state index in [0.29, 0.717) is 53.6 Å². The average molecular weight is 531 g/mol. The molecule has 1 fully saturated rings. The molecule has 3 aromatic rings. The number of fused-ring (bicyclic) bond motifs is 1. The van der Waals surface area contributed by atoms with Crippen molar-refractivity contribution in [1.82, 2.24) is 4.90 Å². The first-order valence-corrected chi connectivity index (χ1v) is 12.7. The van der Waals surface area contributed by atoms with Gasteiger partial charge in [-0.3, -0.25) is 14.5 Å². The molecule has 1 saturated heterocycles. The third kappa shape index (κ3) is 5.35. The Bertz CT molecular complexity index is 1300. The number of benzene rings is 2. The number of thiophene rings is 1. The van der Waals surface area contributed by atoms with Crippen molar-refractivity contribution in [2.45, 2.75) is 19.2 Å². The molecule has 37 heavy (non-hydrogen) atoms. The van der Waals surface area contributed by atoms with Gasteiger partial charge < -0.3 is 14.4 Å². The molecule has 2 aliphatic heterocycles.